The van der Waals surface area contributed by atoms with Gasteiger partial charge in [0.2, 0.25) is 0 Å². The fraction of sp³-hybridized carbons (Fsp3) is 0.182. The molecule has 0 saturated carbocycles. The van der Waals surface area contributed by atoms with Gasteiger partial charge in [0.05, 0.1) is 17.3 Å². The number of H-pyrrole nitrogens is 1. The van der Waals surface area contributed by atoms with Crippen molar-refractivity contribution in [1.82, 2.24) is 14.8 Å². The summed E-state index contributed by atoms with van der Waals surface area (Å²) in [4.78, 5) is 43.9. The molecule has 1 saturated heterocycles. The lowest BCUT2D eigenvalue weighted by molar-refractivity contribution is -0.127. The Morgan fingerprint density at radius 1 is 1.00 bits per heavy atom. The van der Waals surface area contributed by atoms with Gasteiger partial charge in [0.25, 0.3) is 17.6 Å². The van der Waals surface area contributed by atoms with Crippen molar-refractivity contribution in [3.8, 4) is 0 Å². The quantitative estimate of drug-likeness (QED) is 0.221. The Balaban J connectivity index is 1.49. The van der Waals surface area contributed by atoms with E-state index >= 15 is 0 Å². The topological polar surface area (TPSA) is 106 Å². The van der Waals surface area contributed by atoms with E-state index < -0.39 is 17.5 Å². The van der Waals surface area contributed by atoms with Gasteiger partial charge in [-0.1, -0.05) is 23.4 Å². The summed E-state index contributed by atoms with van der Waals surface area (Å²) in [6.07, 6.45) is 2.38. The van der Waals surface area contributed by atoms with Crippen molar-refractivity contribution in [3.63, 3.8) is 0 Å². The number of nitrogens with one attached hydrogen (secondary N) is 1. The number of aromatic amines is 1. The van der Waals surface area contributed by atoms with Gasteiger partial charge in [-0.05, 0) is 24.3 Å². The molecule has 4 rings (SSSR count). The number of ketones is 1. The van der Waals surface area contributed by atoms with Crippen molar-refractivity contribution in [2.45, 2.75) is 0 Å². The molecule has 8 nitrogen and oxygen atoms in total. The smallest absolute Gasteiger partial charge is 0.295 e. The number of aromatic nitrogens is 1. The van der Waals surface area contributed by atoms with Gasteiger partial charge in [-0.3, -0.25) is 14.4 Å². The number of benzene rings is 2. The molecule has 9 heteroatoms. The molecule has 0 unspecified atom stereocenters. The molecule has 2 N–H and O–H groups in total. The molecule has 3 aromatic rings. The molecule has 31 heavy (non-hydrogen) atoms. The van der Waals surface area contributed by atoms with Crippen LogP contribution < -0.4 is 0 Å². The minimum Gasteiger partial charge on any atom is -0.411 e. The molecule has 2 aromatic carbocycles. The van der Waals surface area contributed by atoms with Crippen LogP contribution in [-0.4, -0.2) is 70.0 Å². The molecule has 2 amide bonds. The van der Waals surface area contributed by atoms with Crippen molar-refractivity contribution in [2.24, 2.45) is 5.16 Å². The first-order valence-corrected chi connectivity index (χ1v) is 9.66. The maximum absolute atomic E-state index is 14.4. The van der Waals surface area contributed by atoms with E-state index in [2.05, 4.69) is 10.1 Å². The summed E-state index contributed by atoms with van der Waals surface area (Å²) in [6, 6.07) is 11.4. The fourth-order valence-corrected chi connectivity index (χ4v) is 3.71. The number of carbonyl (C=O) groups excluding carboxylic acids is 3. The highest BCUT2D eigenvalue weighted by Gasteiger charge is 2.30. The summed E-state index contributed by atoms with van der Waals surface area (Å²) in [5.41, 5.74) is 1.11. The molecule has 0 atom stereocenters. The van der Waals surface area contributed by atoms with E-state index in [0.29, 0.717) is 24.2 Å². The first kappa shape index (κ1) is 20.3. The standard InChI is InChI=1S/C22H19FN4O4/c23-17-7-6-15(12-25-31)19-18(17)16(13-24-19)20(28)22(30)27-10-8-26(9-11-27)21(29)14-4-2-1-3-5-14/h1-7,12-13,24,31H,8-11H2. The monoisotopic (exact) mass is 422 g/mol. The van der Waals surface area contributed by atoms with E-state index in [1.165, 1.54) is 17.2 Å². The SMILES string of the molecule is O=C(C(=O)N1CCN(C(=O)c2ccccc2)CC1)c1c[nH]c2c(C=NO)ccc(F)c12. The highest BCUT2D eigenvalue weighted by atomic mass is 19.1. The Morgan fingerprint density at radius 2 is 1.68 bits per heavy atom. The third-order valence-corrected chi connectivity index (χ3v) is 5.33. The minimum atomic E-state index is -0.842. The van der Waals surface area contributed by atoms with Crippen LogP contribution in [0, 0.1) is 5.82 Å². The van der Waals surface area contributed by atoms with Crippen LogP contribution in [0.4, 0.5) is 4.39 Å². The van der Waals surface area contributed by atoms with Gasteiger partial charge in [-0.25, -0.2) is 4.39 Å². The largest absolute Gasteiger partial charge is 0.411 e. The second-order valence-corrected chi connectivity index (χ2v) is 7.11. The second-order valence-electron chi connectivity index (χ2n) is 7.11. The van der Waals surface area contributed by atoms with Gasteiger partial charge in [-0.15, -0.1) is 0 Å². The number of piperazine rings is 1. The summed E-state index contributed by atoms with van der Waals surface area (Å²) in [6.45, 7) is 1.00. The average Bonchev–Trinajstić information content (AvgIpc) is 3.26. The summed E-state index contributed by atoms with van der Waals surface area (Å²) < 4.78 is 14.4. The Morgan fingerprint density at radius 3 is 2.35 bits per heavy atom. The Bertz CT molecular complexity index is 1180. The highest BCUT2D eigenvalue weighted by Crippen LogP contribution is 2.25. The zero-order chi connectivity index (χ0) is 22.0. The van der Waals surface area contributed by atoms with E-state index in [1.807, 2.05) is 6.07 Å². The van der Waals surface area contributed by atoms with Crippen LogP contribution in [0.2, 0.25) is 0 Å². The summed E-state index contributed by atoms with van der Waals surface area (Å²) in [7, 11) is 0. The summed E-state index contributed by atoms with van der Waals surface area (Å²) >= 11 is 0. The second kappa shape index (κ2) is 8.39. The lowest BCUT2D eigenvalue weighted by atomic mass is 10.0. The van der Waals surface area contributed by atoms with Crippen LogP contribution in [0.1, 0.15) is 26.3 Å². The van der Waals surface area contributed by atoms with Crippen LogP contribution in [0.3, 0.4) is 0 Å². The number of hydrogen-bond acceptors (Lipinski definition) is 5. The third kappa shape index (κ3) is 3.77. The van der Waals surface area contributed by atoms with Crippen molar-refractivity contribution < 1.29 is 24.0 Å². The fourth-order valence-electron chi connectivity index (χ4n) is 3.71. The van der Waals surface area contributed by atoms with Crippen molar-refractivity contribution in [2.75, 3.05) is 26.2 Å². The zero-order valence-electron chi connectivity index (χ0n) is 16.4. The molecule has 1 fully saturated rings. The molecule has 1 aliphatic heterocycles. The number of oxime groups is 1. The number of nitrogens with zero attached hydrogens (tertiary/aromatic N) is 3. The van der Waals surface area contributed by atoms with Gasteiger partial charge in [0.15, 0.2) is 0 Å². The van der Waals surface area contributed by atoms with E-state index in [-0.39, 0.29) is 35.5 Å². The minimum absolute atomic E-state index is 0.0337. The lowest BCUT2D eigenvalue weighted by Crippen LogP contribution is -2.52. The van der Waals surface area contributed by atoms with Gasteiger partial charge >= 0.3 is 0 Å². The number of fused-ring (bicyclic) bond motifs is 1. The predicted molar refractivity (Wildman–Crippen MR) is 111 cm³/mol. The highest BCUT2D eigenvalue weighted by molar-refractivity contribution is 6.45. The van der Waals surface area contributed by atoms with Gasteiger partial charge in [-0.2, -0.15) is 0 Å². The van der Waals surface area contributed by atoms with E-state index in [1.54, 1.807) is 29.2 Å². The number of amides is 2. The predicted octanol–water partition coefficient (Wildman–Crippen LogP) is 2.28. The summed E-state index contributed by atoms with van der Waals surface area (Å²) in [5.74, 6) is -2.39. The van der Waals surface area contributed by atoms with Crippen LogP contribution >= 0.6 is 0 Å². The van der Waals surface area contributed by atoms with Crippen LogP contribution in [0.5, 0.6) is 0 Å². The Labute approximate surface area is 176 Å². The molecule has 158 valence electrons. The maximum atomic E-state index is 14.4. The first-order chi connectivity index (χ1) is 15.0. The van der Waals surface area contributed by atoms with E-state index in [4.69, 9.17) is 5.21 Å². The van der Waals surface area contributed by atoms with E-state index in [9.17, 15) is 18.8 Å². The molecule has 1 aliphatic rings. The molecule has 0 aliphatic carbocycles. The van der Waals surface area contributed by atoms with Crippen molar-refractivity contribution >= 4 is 34.7 Å². The number of carbonyl (C=O) groups is 3. The molecule has 0 bridgehead atoms. The number of hydrogen-bond donors (Lipinski definition) is 2. The van der Waals surface area contributed by atoms with Crippen LogP contribution in [0.25, 0.3) is 10.9 Å². The van der Waals surface area contributed by atoms with Crippen LogP contribution in [-0.2, 0) is 4.79 Å². The molecule has 0 spiro atoms. The first-order valence-electron chi connectivity index (χ1n) is 9.66. The average molecular weight is 422 g/mol. The molecule has 0 radical (unpaired) electrons. The maximum Gasteiger partial charge on any atom is 0.295 e. The number of rotatable bonds is 4. The van der Waals surface area contributed by atoms with Gasteiger partial charge in [0, 0.05) is 48.9 Å². The molecule has 1 aromatic heterocycles. The number of Topliss-reactive ketones (excluding diaryl/α,β-unsaturated/α-hetero) is 1. The Kier molecular flexibility index (Phi) is 5.48. The van der Waals surface area contributed by atoms with Gasteiger partial charge < -0.3 is 20.0 Å². The molecular formula is C22H19FN4O4. The van der Waals surface area contributed by atoms with Crippen LogP contribution in [0.15, 0.2) is 53.8 Å². The molecule has 2 heterocycles. The van der Waals surface area contributed by atoms with E-state index in [0.717, 1.165) is 12.3 Å². The van der Waals surface area contributed by atoms with Crippen molar-refractivity contribution in [1.29, 1.82) is 0 Å². The van der Waals surface area contributed by atoms with Crippen molar-refractivity contribution in [3.05, 3.63) is 71.2 Å². The van der Waals surface area contributed by atoms with Gasteiger partial charge in [0.1, 0.15) is 5.82 Å². The summed E-state index contributed by atoms with van der Waals surface area (Å²) in [5, 5.41) is 11.7. The molecular weight excluding hydrogens is 403 g/mol. The zero-order valence-corrected chi connectivity index (χ0v) is 16.4. The normalized spacial score (nSPS) is 14.4. The lowest BCUT2D eigenvalue weighted by Gasteiger charge is -2.34. The third-order valence-electron chi connectivity index (χ3n) is 5.33. The number of halogens is 1. The Hall–Kier alpha value is -4.01.